The lowest BCUT2D eigenvalue weighted by molar-refractivity contribution is -0.149. The fraction of sp³-hybridized carbons (Fsp3) is 0.674. The van der Waals surface area contributed by atoms with Crippen LogP contribution in [0.5, 0.6) is 0 Å². The van der Waals surface area contributed by atoms with Crippen LogP contribution >= 0.6 is 11.8 Å². The van der Waals surface area contributed by atoms with Gasteiger partial charge in [0.1, 0.15) is 5.78 Å². The zero-order valence-corrected chi connectivity index (χ0v) is 40.8. The van der Waals surface area contributed by atoms with Crippen LogP contribution in [0.4, 0.5) is 0 Å². The van der Waals surface area contributed by atoms with E-state index < -0.39 is 170 Å². The van der Waals surface area contributed by atoms with E-state index in [9.17, 15) is 67.7 Å². The monoisotopic (exact) mass is 1030 g/mol. The minimum absolute atomic E-state index is 0.00114. The molecule has 0 aliphatic rings. The van der Waals surface area contributed by atoms with E-state index >= 15 is 0 Å². The predicted molar refractivity (Wildman–Crippen MR) is 257 cm³/mol. The van der Waals surface area contributed by atoms with Crippen molar-refractivity contribution in [3.05, 3.63) is 0 Å². The first-order valence-corrected chi connectivity index (χ1v) is 24.1. The summed E-state index contributed by atoms with van der Waals surface area (Å²) in [6.07, 6.45) is -3.89. The summed E-state index contributed by atoms with van der Waals surface area (Å²) in [5.74, 6) is -17.6. The molecular formula is C43H71N11O16S. The lowest BCUT2D eigenvalue weighted by atomic mass is 9.89. The highest BCUT2D eigenvalue weighted by Crippen LogP contribution is 2.22. The molecule has 0 spiro atoms. The van der Waals surface area contributed by atoms with Crippen molar-refractivity contribution in [1.29, 1.82) is 0 Å². The van der Waals surface area contributed by atoms with E-state index in [0.717, 1.165) is 0 Å². The third-order valence-electron chi connectivity index (χ3n) is 11.0. The van der Waals surface area contributed by atoms with Gasteiger partial charge >= 0.3 is 23.9 Å². The van der Waals surface area contributed by atoms with Crippen molar-refractivity contribution >= 4 is 94.3 Å². The average molecular weight is 1030 g/mol. The number of primary amides is 1. The number of carbonyl (C=O) groups is 12. The molecule has 0 aromatic carbocycles. The van der Waals surface area contributed by atoms with Crippen LogP contribution in [0.1, 0.15) is 110 Å². The number of nitrogens with one attached hydrogen (secondary N) is 3. The Labute approximate surface area is 414 Å². The minimum Gasteiger partial charge on any atom is -0.481 e. The lowest BCUT2D eigenvalue weighted by Crippen LogP contribution is -2.48. The smallest absolute Gasteiger partial charge is 0.307 e. The Hall–Kier alpha value is -6.71. The average Bonchev–Trinajstić information content (AvgIpc) is 3.27. The van der Waals surface area contributed by atoms with E-state index in [-0.39, 0.29) is 76.4 Å². The number of aliphatic imine (C=N–C) groups is 2. The molecule has 8 atom stereocenters. The zero-order chi connectivity index (χ0) is 54.4. The number of thioether (sulfide) groups is 1. The molecule has 0 fully saturated rings. The van der Waals surface area contributed by atoms with Crippen molar-refractivity contribution in [2.24, 2.45) is 68.1 Å². The number of ketones is 4. The number of hydrogen-bond donors (Lipinski definition) is 13. The molecule has 0 radical (unpaired) electrons. The second-order valence-corrected chi connectivity index (χ2v) is 17.9. The van der Waals surface area contributed by atoms with Crippen LogP contribution in [0.2, 0.25) is 0 Å². The first-order valence-electron chi connectivity index (χ1n) is 22.7. The van der Waals surface area contributed by atoms with Crippen molar-refractivity contribution in [3.8, 4) is 0 Å². The highest BCUT2D eigenvalue weighted by molar-refractivity contribution is 7.98. The standard InChI is InChI=1S/C43H71N11O16S/c1-22(30(55)20-26(41(69)70)21-37(64)65)52-38(66)23(5-3-14-50-42(46)47)18-32(57)28(6-4-15-51-43(48)49)53-39(67)24(7-10-34(45)59)19-33(58)29(13-16-71-2)54-40(68)25(8-11-35(60)61)17-31(56)27(44)9-12-36(62)63/h22-29H,3-21,44H2,1-2H3,(H2,45,59)(H,52,66)(H,53,67)(H,54,68)(H,60,61)(H,62,63)(H,64,65)(H,69,70)(H4,46,47,50)(H4,48,49,51). The van der Waals surface area contributed by atoms with E-state index in [1.165, 1.54) is 18.7 Å². The first-order chi connectivity index (χ1) is 33.2. The molecule has 0 saturated heterocycles. The number of nitrogens with zero attached hydrogens (tertiary/aromatic N) is 2. The van der Waals surface area contributed by atoms with Crippen LogP contribution in [0, 0.1) is 23.7 Å². The number of amides is 4. The molecule has 8 unspecified atom stereocenters. The predicted octanol–water partition coefficient (Wildman–Crippen LogP) is -2.50. The van der Waals surface area contributed by atoms with Gasteiger partial charge in [-0.3, -0.25) is 67.5 Å². The van der Waals surface area contributed by atoms with Gasteiger partial charge in [-0.15, -0.1) is 0 Å². The van der Waals surface area contributed by atoms with Crippen molar-refractivity contribution in [3.63, 3.8) is 0 Å². The largest absolute Gasteiger partial charge is 0.481 e. The number of hydrogen-bond acceptors (Lipinski definition) is 16. The van der Waals surface area contributed by atoms with Crippen molar-refractivity contribution in [1.82, 2.24) is 16.0 Å². The molecule has 0 aromatic heterocycles. The molecule has 19 N–H and O–H groups in total. The molecule has 0 rings (SSSR count). The van der Waals surface area contributed by atoms with Gasteiger partial charge in [0.15, 0.2) is 29.3 Å². The van der Waals surface area contributed by atoms with Crippen LogP contribution in [0.3, 0.4) is 0 Å². The summed E-state index contributed by atoms with van der Waals surface area (Å²) in [4.78, 5) is 161. The lowest BCUT2D eigenvalue weighted by Gasteiger charge is -2.26. The van der Waals surface area contributed by atoms with E-state index in [1.54, 1.807) is 6.26 Å². The van der Waals surface area contributed by atoms with Crippen molar-refractivity contribution in [2.45, 2.75) is 134 Å². The van der Waals surface area contributed by atoms with Crippen LogP contribution < -0.4 is 50.4 Å². The maximum Gasteiger partial charge on any atom is 0.307 e. The molecule has 27 nitrogen and oxygen atoms in total. The quantitative estimate of drug-likeness (QED) is 0.0171. The topological polar surface area (TPSA) is 503 Å². The van der Waals surface area contributed by atoms with Crippen LogP contribution in [0.25, 0.3) is 0 Å². The van der Waals surface area contributed by atoms with E-state index in [4.69, 9.17) is 44.6 Å². The number of guanidine groups is 2. The van der Waals surface area contributed by atoms with Crippen LogP contribution in [-0.2, 0) is 57.5 Å². The maximum absolute atomic E-state index is 14.2. The Morgan fingerprint density at radius 3 is 1.37 bits per heavy atom. The maximum atomic E-state index is 14.2. The zero-order valence-electron chi connectivity index (χ0n) is 40.0. The first kappa shape index (κ1) is 64.3. The molecule has 0 saturated carbocycles. The summed E-state index contributed by atoms with van der Waals surface area (Å²) >= 11 is 1.30. The highest BCUT2D eigenvalue weighted by atomic mass is 32.2. The summed E-state index contributed by atoms with van der Waals surface area (Å²) in [5.41, 5.74) is 33.0. The Balaban J connectivity index is 6.81. The number of carboxylic acid groups (broad SMARTS) is 4. The number of aliphatic carboxylic acids is 4. The van der Waals surface area contributed by atoms with Crippen molar-refractivity contribution in [2.75, 3.05) is 25.1 Å². The van der Waals surface area contributed by atoms with E-state index in [2.05, 4.69) is 25.9 Å². The summed E-state index contributed by atoms with van der Waals surface area (Å²) in [6, 6.07) is -5.30. The molecule has 400 valence electrons. The molecular weight excluding hydrogens is 959 g/mol. The summed E-state index contributed by atoms with van der Waals surface area (Å²) in [6.45, 7) is 1.25. The van der Waals surface area contributed by atoms with Gasteiger partial charge in [-0.1, -0.05) is 0 Å². The molecule has 0 bridgehead atoms. The molecule has 28 heteroatoms. The Morgan fingerprint density at radius 2 is 0.915 bits per heavy atom. The normalized spacial score (nSPS) is 14.3. The Kier molecular flexibility index (Phi) is 31.3. The second-order valence-electron chi connectivity index (χ2n) is 16.9. The fourth-order valence-electron chi connectivity index (χ4n) is 6.98. The SMILES string of the molecule is CSCCC(NC(=O)C(CCC(=O)O)CC(=O)C(N)CCC(=O)O)C(=O)CC(CCC(N)=O)C(=O)NC(CCCN=C(N)N)C(=O)CC(CCCN=C(N)N)C(=O)NC(C)C(=O)CC(CC(=O)O)C(=O)O. The number of carboxylic acids is 4. The van der Waals surface area contributed by atoms with Gasteiger partial charge in [0, 0.05) is 75.8 Å². The van der Waals surface area contributed by atoms with Gasteiger partial charge in [0.2, 0.25) is 23.6 Å². The third-order valence-corrected chi connectivity index (χ3v) is 11.7. The molecule has 0 aromatic rings. The van der Waals surface area contributed by atoms with Gasteiger partial charge in [-0.05, 0) is 70.3 Å². The Morgan fingerprint density at radius 1 is 0.493 bits per heavy atom. The van der Waals surface area contributed by atoms with Crippen LogP contribution in [0.15, 0.2) is 9.98 Å². The molecule has 0 aliphatic heterocycles. The molecule has 71 heavy (non-hydrogen) atoms. The molecule has 0 aliphatic carbocycles. The summed E-state index contributed by atoms with van der Waals surface area (Å²) in [7, 11) is 0. The molecule has 0 heterocycles. The highest BCUT2D eigenvalue weighted by Gasteiger charge is 2.35. The van der Waals surface area contributed by atoms with E-state index in [0.29, 0.717) is 5.75 Å². The number of nitrogens with two attached hydrogens (primary N) is 6. The number of rotatable bonds is 41. The van der Waals surface area contributed by atoms with Gasteiger partial charge in [-0.25, -0.2) is 0 Å². The fourth-order valence-corrected chi connectivity index (χ4v) is 7.45. The van der Waals surface area contributed by atoms with Gasteiger partial charge in [-0.2, -0.15) is 11.8 Å². The van der Waals surface area contributed by atoms with Crippen LogP contribution in [-0.4, -0.2) is 152 Å². The molecule has 4 amide bonds. The second kappa shape index (κ2) is 34.6. The van der Waals surface area contributed by atoms with Gasteiger partial charge in [0.25, 0.3) is 0 Å². The number of carbonyl (C=O) groups excluding carboxylic acids is 8. The third kappa shape index (κ3) is 29.2. The van der Waals surface area contributed by atoms with Gasteiger partial charge < -0.3 is 70.8 Å². The summed E-state index contributed by atoms with van der Waals surface area (Å²) < 4.78 is 0. The summed E-state index contributed by atoms with van der Waals surface area (Å²) in [5, 5.41) is 44.4. The number of Topliss-reactive ketones (excluding diaryl/α,β-unsaturated/α-hetero) is 4. The van der Waals surface area contributed by atoms with Gasteiger partial charge in [0.05, 0.1) is 36.5 Å². The van der Waals surface area contributed by atoms with E-state index in [1.807, 2.05) is 0 Å². The minimum atomic E-state index is -1.59. The Bertz CT molecular complexity index is 1940. The van der Waals surface area contributed by atoms with Crippen molar-refractivity contribution < 1.29 is 78.0 Å².